The summed E-state index contributed by atoms with van der Waals surface area (Å²) in [6, 6.07) is 16.3. The Morgan fingerprint density at radius 3 is 2.46 bits per heavy atom. The van der Waals surface area contributed by atoms with Crippen LogP contribution in [0.3, 0.4) is 0 Å². The van der Waals surface area contributed by atoms with Gasteiger partial charge in [0.15, 0.2) is 0 Å². The van der Waals surface area contributed by atoms with E-state index in [0.29, 0.717) is 28.4 Å². The van der Waals surface area contributed by atoms with E-state index in [1.54, 1.807) is 62.6 Å². The molecular formula is C22H21FN2O3. The molecule has 0 saturated carbocycles. The average Bonchev–Trinajstić information content (AvgIpc) is 2.68. The first-order chi connectivity index (χ1) is 13.5. The molecule has 3 aromatic rings. The van der Waals surface area contributed by atoms with Crippen LogP contribution < -0.4 is 10.1 Å². The summed E-state index contributed by atoms with van der Waals surface area (Å²) in [5.41, 5.74) is 2.51. The Morgan fingerprint density at radius 2 is 1.82 bits per heavy atom. The van der Waals surface area contributed by atoms with E-state index in [-0.39, 0.29) is 17.8 Å². The Labute approximate surface area is 163 Å². The summed E-state index contributed by atoms with van der Waals surface area (Å²) < 4.78 is 24.1. The van der Waals surface area contributed by atoms with E-state index in [1.807, 2.05) is 6.92 Å². The molecule has 6 heteroatoms. The van der Waals surface area contributed by atoms with Crippen molar-refractivity contribution in [2.24, 2.45) is 0 Å². The summed E-state index contributed by atoms with van der Waals surface area (Å²) in [7, 11) is 1.62. The van der Waals surface area contributed by atoms with Crippen LogP contribution in [0, 0.1) is 12.7 Å². The number of halogens is 1. The molecule has 0 aliphatic heterocycles. The number of carbonyl (C=O) groups is 1. The van der Waals surface area contributed by atoms with Gasteiger partial charge in [-0.2, -0.15) is 0 Å². The standard InChI is InChI=1S/C22H21FN2O3/c1-14-20(11-12-21(24-14)15(2)27-3)22(26)25-17-7-9-18(10-8-17)28-19-6-4-5-16(23)13-19/h4-13,15H,1-3H3,(H,25,26). The van der Waals surface area contributed by atoms with Crippen LogP contribution in [0.25, 0.3) is 0 Å². The van der Waals surface area contributed by atoms with Gasteiger partial charge in [0.05, 0.1) is 23.1 Å². The van der Waals surface area contributed by atoms with Gasteiger partial charge in [0, 0.05) is 18.9 Å². The van der Waals surface area contributed by atoms with Gasteiger partial charge in [-0.15, -0.1) is 0 Å². The van der Waals surface area contributed by atoms with Crippen molar-refractivity contribution in [2.75, 3.05) is 12.4 Å². The molecule has 0 fully saturated rings. The summed E-state index contributed by atoms with van der Waals surface area (Å²) in [5, 5.41) is 2.84. The predicted octanol–water partition coefficient (Wildman–Crippen LogP) is 5.28. The van der Waals surface area contributed by atoms with Crippen molar-refractivity contribution >= 4 is 11.6 Å². The number of aromatic nitrogens is 1. The van der Waals surface area contributed by atoms with Crippen molar-refractivity contribution in [3.8, 4) is 11.5 Å². The molecular weight excluding hydrogens is 359 g/mol. The van der Waals surface area contributed by atoms with Gasteiger partial charge in [0.2, 0.25) is 0 Å². The fraction of sp³-hybridized carbons (Fsp3) is 0.182. The van der Waals surface area contributed by atoms with E-state index in [4.69, 9.17) is 9.47 Å². The van der Waals surface area contributed by atoms with E-state index in [9.17, 15) is 9.18 Å². The van der Waals surface area contributed by atoms with Gasteiger partial charge < -0.3 is 14.8 Å². The lowest BCUT2D eigenvalue weighted by Gasteiger charge is -2.12. The number of hydrogen-bond donors (Lipinski definition) is 1. The van der Waals surface area contributed by atoms with Crippen molar-refractivity contribution in [1.82, 2.24) is 4.98 Å². The van der Waals surface area contributed by atoms with Crippen LogP contribution in [0.2, 0.25) is 0 Å². The van der Waals surface area contributed by atoms with Crippen molar-refractivity contribution in [3.63, 3.8) is 0 Å². The van der Waals surface area contributed by atoms with E-state index in [2.05, 4.69) is 10.3 Å². The molecule has 1 amide bonds. The summed E-state index contributed by atoms with van der Waals surface area (Å²) in [5.74, 6) is 0.333. The van der Waals surface area contributed by atoms with Crippen LogP contribution in [0.5, 0.6) is 11.5 Å². The zero-order valence-electron chi connectivity index (χ0n) is 15.9. The fourth-order valence-corrected chi connectivity index (χ4v) is 2.64. The molecule has 0 aliphatic rings. The molecule has 1 unspecified atom stereocenters. The number of benzene rings is 2. The molecule has 1 heterocycles. The van der Waals surface area contributed by atoms with Gasteiger partial charge in [-0.05, 0) is 62.4 Å². The number of hydrogen-bond acceptors (Lipinski definition) is 4. The molecule has 1 N–H and O–H groups in total. The lowest BCUT2D eigenvalue weighted by Crippen LogP contribution is -2.15. The number of nitrogens with zero attached hydrogens (tertiary/aromatic N) is 1. The quantitative estimate of drug-likeness (QED) is 0.632. The Morgan fingerprint density at radius 1 is 1.07 bits per heavy atom. The molecule has 28 heavy (non-hydrogen) atoms. The number of rotatable bonds is 6. The highest BCUT2D eigenvalue weighted by atomic mass is 19.1. The lowest BCUT2D eigenvalue weighted by molar-refractivity contribution is 0.102. The van der Waals surface area contributed by atoms with Gasteiger partial charge in [0.1, 0.15) is 17.3 Å². The maximum absolute atomic E-state index is 13.2. The van der Waals surface area contributed by atoms with Gasteiger partial charge >= 0.3 is 0 Å². The zero-order chi connectivity index (χ0) is 20.1. The average molecular weight is 380 g/mol. The van der Waals surface area contributed by atoms with Crippen LogP contribution in [-0.4, -0.2) is 18.0 Å². The van der Waals surface area contributed by atoms with Crippen LogP contribution in [0.1, 0.15) is 34.8 Å². The molecule has 0 saturated heterocycles. The van der Waals surface area contributed by atoms with Gasteiger partial charge in [-0.25, -0.2) is 4.39 Å². The number of aryl methyl sites for hydroxylation is 1. The van der Waals surface area contributed by atoms with Crippen molar-refractivity contribution in [2.45, 2.75) is 20.0 Å². The highest BCUT2D eigenvalue weighted by Gasteiger charge is 2.13. The third-order valence-electron chi connectivity index (χ3n) is 4.27. The van der Waals surface area contributed by atoms with Gasteiger partial charge in [0.25, 0.3) is 5.91 Å². The Kier molecular flexibility index (Phi) is 6.01. The SMILES string of the molecule is COC(C)c1ccc(C(=O)Nc2ccc(Oc3cccc(F)c3)cc2)c(C)n1. The third kappa shape index (κ3) is 4.72. The Balaban J connectivity index is 1.67. The molecule has 0 aliphatic carbocycles. The largest absolute Gasteiger partial charge is 0.457 e. The molecule has 3 rings (SSSR count). The van der Waals surface area contributed by atoms with Crippen LogP contribution >= 0.6 is 0 Å². The smallest absolute Gasteiger partial charge is 0.257 e. The van der Waals surface area contributed by atoms with E-state index < -0.39 is 0 Å². The zero-order valence-corrected chi connectivity index (χ0v) is 15.9. The molecule has 2 aromatic carbocycles. The summed E-state index contributed by atoms with van der Waals surface area (Å²) in [4.78, 5) is 17.0. The summed E-state index contributed by atoms with van der Waals surface area (Å²) >= 11 is 0. The van der Waals surface area contributed by atoms with E-state index in [1.165, 1.54) is 12.1 Å². The third-order valence-corrected chi connectivity index (χ3v) is 4.27. The van der Waals surface area contributed by atoms with Crippen molar-refractivity contribution < 1.29 is 18.7 Å². The topological polar surface area (TPSA) is 60.5 Å². The second-order valence-electron chi connectivity index (χ2n) is 6.28. The first kappa shape index (κ1) is 19.5. The van der Waals surface area contributed by atoms with E-state index >= 15 is 0 Å². The van der Waals surface area contributed by atoms with E-state index in [0.717, 1.165) is 5.69 Å². The molecule has 1 aromatic heterocycles. The number of ether oxygens (including phenoxy) is 2. The molecule has 144 valence electrons. The number of carbonyl (C=O) groups excluding carboxylic acids is 1. The first-order valence-corrected chi connectivity index (χ1v) is 8.81. The van der Waals surface area contributed by atoms with Crippen molar-refractivity contribution in [1.29, 1.82) is 0 Å². The Hall–Kier alpha value is -3.25. The number of amides is 1. The monoisotopic (exact) mass is 380 g/mol. The van der Waals surface area contributed by atoms with Gasteiger partial charge in [-0.1, -0.05) is 6.07 Å². The minimum Gasteiger partial charge on any atom is -0.457 e. The summed E-state index contributed by atoms with van der Waals surface area (Å²) in [6.45, 7) is 3.69. The highest BCUT2D eigenvalue weighted by Crippen LogP contribution is 2.24. The maximum atomic E-state index is 13.2. The number of methoxy groups -OCH3 is 1. The van der Waals surface area contributed by atoms with Crippen LogP contribution in [-0.2, 0) is 4.74 Å². The summed E-state index contributed by atoms with van der Waals surface area (Å²) in [6.07, 6.45) is -0.138. The second-order valence-corrected chi connectivity index (χ2v) is 6.28. The molecule has 0 spiro atoms. The van der Waals surface area contributed by atoms with Crippen LogP contribution in [0.4, 0.5) is 10.1 Å². The number of pyridine rings is 1. The maximum Gasteiger partial charge on any atom is 0.257 e. The van der Waals surface area contributed by atoms with Crippen LogP contribution in [0.15, 0.2) is 60.7 Å². The molecule has 5 nitrogen and oxygen atoms in total. The minimum atomic E-state index is -0.365. The molecule has 0 bridgehead atoms. The number of anilines is 1. The first-order valence-electron chi connectivity index (χ1n) is 8.81. The molecule has 1 atom stereocenters. The molecule has 0 radical (unpaired) electrons. The Bertz CT molecular complexity index is 974. The minimum absolute atomic E-state index is 0.138. The normalized spacial score (nSPS) is 11.7. The lowest BCUT2D eigenvalue weighted by atomic mass is 10.1. The van der Waals surface area contributed by atoms with Crippen molar-refractivity contribution in [3.05, 3.63) is 83.4 Å². The van der Waals surface area contributed by atoms with Gasteiger partial charge in [-0.3, -0.25) is 9.78 Å². The second kappa shape index (κ2) is 8.63. The fourth-order valence-electron chi connectivity index (χ4n) is 2.64. The number of nitrogens with one attached hydrogen (secondary N) is 1. The highest BCUT2D eigenvalue weighted by molar-refractivity contribution is 6.05. The predicted molar refractivity (Wildman–Crippen MR) is 105 cm³/mol.